The molecule has 8 nitrogen and oxygen atoms in total. The van der Waals surface area contributed by atoms with E-state index >= 15 is 0 Å². The van der Waals surface area contributed by atoms with Crippen molar-refractivity contribution in [2.24, 2.45) is 0 Å². The van der Waals surface area contributed by atoms with E-state index < -0.39 is 17.5 Å². The summed E-state index contributed by atoms with van der Waals surface area (Å²) in [6.45, 7) is 3.93. The van der Waals surface area contributed by atoms with Crippen LogP contribution in [-0.2, 0) is 24.3 Å². The van der Waals surface area contributed by atoms with E-state index in [1.54, 1.807) is 4.90 Å². The van der Waals surface area contributed by atoms with Crippen molar-refractivity contribution in [1.29, 1.82) is 0 Å². The summed E-state index contributed by atoms with van der Waals surface area (Å²) in [7, 11) is 0. The lowest BCUT2D eigenvalue weighted by Gasteiger charge is -2.34. The standard InChI is InChI=1S/C21H26F2N6O2/c22-15-5-6-16(17(23)12-15)21(31)24-13-20(30)28-10-8-27(9-11-28)14-19-26-25-18-4-2-1-3-7-29(18)19/h5-6,12H,1-4,7-11,13-14H2,(H,24,31). The van der Waals surface area contributed by atoms with Crippen LogP contribution in [0.25, 0.3) is 0 Å². The minimum absolute atomic E-state index is 0.229. The number of piperazine rings is 1. The Kier molecular flexibility index (Phi) is 6.55. The molecule has 1 fully saturated rings. The first-order chi connectivity index (χ1) is 15.0. The smallest absolute Gasteiger partial charge is 0.254 e. The zero-order chi connectivity index (χ0) is 21.8. The van der Waals surface area contributed by atoms with Crippen LogP contribution in [0.3, 0.4) is 0 Å². The molecule has 166 valence electrons. The van der Waals surface area contributed by atoms with Crippen LogP contribution in [0.5, 0.6) is 0 Å². The molecule has 2 aliphatic rings. The van der Waals surface area contributed by atoms with Crippen molar-refractivity contribution in [3.63, 3.8) is 0 Å². The lowest BCUT2D eigenvalue weighted by atomic mass is 10.2. The molecule has 0 radical (unpaired) electrons. The van der Waals surface area contributed by atoms with Gasteiger partial charge >= 0.3 is 0 Å². The zero-order valence-electron chi connectivity index (χ0n) is 17.3. The predicted molar refractivity (Wildman–Crippen MR) is 108 cm³/mol. The predicted octanol–water partition coefficient (Wildman–Crippen LogP) is 1.36. The first-order valence-corrected chi connectivity index (χ1v) is 10.7. The van der Waals surface area contributed by atoms with Crippen LogP contribution in [0.15, 0.2) is 18.2 Å². The van der Waals surface area contributed by atoms with Crippen LogP contribution >= 0.6 is 0 Å². The van der Waals surface area contributed by atoms with Crippen LogP contribution in [0, 0.1) is 11.6 Å². The van der Waals surface area contributed by atoms with Crippen molar-refractivity contribution < 1.29 is 18.4 Å². The third-order valence-electron chi connectivity index (χ3n) is 5.85. The lowest BCUT2D eigenvalue weighted by Crippen LogP contribution is -2.51. The number of nitrogens with zero attached hydrogens (tertiary/aromatic N) is 5. The molecule has 0 spiro atoms. The van der Waals surface area contributed by atoms with Gasteiger partial charge in [-0.25, -0.2) is 8.78 Å². The molecule has 1 saturated heterocycles. The third kappa shape index (κ3) is 5.07. The molecular formula is C21H26F2N6O2. The number of hydrogen-bond donors (Lipinski definition) is 1. The van der Waals surface area contributed by atoms with Gasteiger partial charge in [-0.2, -0.15) is 0 Å². The Labute approximate surface area is 179 Å². The summed E-state index contributed by atoms with van der Waals surface area (Å²) in [5, 5.41) is 11.1. The normalized spacial score (nSPS) is 17.2. The van der Waals surface area contributed by atoms with Gasteiger partial charge in [0.25, 0.3) is 5.91 Å². The van der Waals surface area contributed by atoms with Crippen LogP contribution in [0.1, 0.15) is 41.3 Å². The zero-order valence-corrected chi connectivity index (χ0v) is 17.3. The largest absolute Gasteiger partial charge is 0.343 e. The number of nitrogens with one attached hydrogen (secondary N) is 1. The Balaban J connectivity index is 1.24. The average molecular weight is 432 g/mol. The van der Waals surface area contributed by atoms with E-state index in [1.807, 2.05) is 0 Å². The second kappa shape index (κ2) is 9.51. The number of amides is 2. The number of rotatable bonds is 5. The summed E-state index contributed by atoms with van der Waals surface area (Å²) in [6, 6.07) is 2.71. The van der Waals surface area contributed by atoms with E-state index in [0.717, 1.165) is 49.6 Å². The fourth-order valence-electron chi connectivity index (χ4n) is 4.05. The van der Waals surface area contributed by atoms with E-state index in [-0.39, 0.29) is 18.0 Å². The Morgan fingerprint density at radius 1 is 1.00 bits per heavy atom. The molecule has 3 heterocycles. The van der Waals surface area contributed by atoms with Gasteiger partial charge in [0.05, 0.1) is 18.7 Å². The van der Waals surface area contributed by atoms with Gasteiger partial charge in [0, 0.05) is 45.2 Å². The van der Waals surface area contributed by atoms with Gasteiger partial charge in [-0.3, -0.25) is 14.5 Å². The number of hydrogen-bond acceptors (Lipinski definition) is 5. The summed E-state index contributed by atoms with van der Waals surface area (Å²) in [4.78, 5) is 28.4. The molecule has 2 amide bonds. The highest BCUT2D eigenvalue weighted by Crippen LogP contribution is 2.16. The van der Waals surface area contributed by atoms with Gasteiger partial charge in [-0.1, -0.05) is 6.42 Å². The van der Waals surface area contributed by atoms with Gasteiger partial charge in [0.2, 0.25) is 5.91 Å². The number of aromatic nitrogens is 3. The summed E-state index contributed by atoms with van der Waals surface area (Å²) < 4.78 is 28.9. The molecular weight excluding hydrogens is 406 g/mol. The Morgan fingerprint density at radius 3 is 2.58 bits per heavy atom. The molecule has 0 saturated carbocycles. The maximum Gasteiger partial charge on any atom is 0.254 e. The number of fused-ring (bicyclic) bond motifs is 1. The highest BCUT2D eigenvalue weighted by Gasteiger charge is 2.24. The first kappa shape index (κ1) is 21.4. The fraction of sp³-hybridized carbons (Fsp3) is 0.524. The van der Waals surface area contributed by atoms with Crippen molar-refractivity contribution >= 4 is 11.8 Å². The van der Waals surface area contributed by atoms with Crippen LogP contribution in [0.2, 0.25) is 0 Å². The highest BCUT2D eigenvalue weighted by atomic mass is 19.1. The number of benzene rings is 1. The van der Waals surface area contributed by atoms with E-state index in [4.69, 9.17) is 0 Å². The van der Waals surface area contributed by atoms with Gasteiger partial charge in [-0.15, -0.1) is 10.2 Å². The molecule has 2 aliphatic heterocycles. The Bertz CT molecular complexity index is 955. The van der Waals surface area contributed by atoms with Crippen molar-refractivity contribution in [3.05, 3.63) is 47.0 Å². The molecule has 31 heavy (non-hydrogen) atoms. The van der Waals surface area contributed by atoms with Crippen molar-refractivity contribution in [2.75, 3.05) is 32.7 Å². The monoisotopic (exact) mass is 432 g/mol. The molecule has 2 aromatic rings. The van der Waals surface area contributed by atoms with Gasteiger partial charge in [-0.05, 0) is 25.0 Å². The molecule has 0 atom stereocenters. The van der Waals surface area contributed by atoms with Crippen molar-refractivity contribution in [1.82, 2.24) is 29.9 Å². The molecule has 0 bridgehead atoms. The first-order valence-electron chi connectivity index (χ1n) is 10.7. The topological polar surface area (TPSA) is 83.4 Å². The van der Waals surface area contributed by atoms with Gasteiger partial charge < -0.3 is 14.8 Å². The molecule has 1 aromatic heterocycles. The van der Waals surface area contributed by atoms with Crippen molar-refractivity contribution in [2.45, 2.75) is 38.8 Å². The highest BCUT2D eigenvalue weighted by molar-refractivity contribution is 5.96. The third-order valence-corrected chi connectivity index (χ3v) is 5.85. The second-order valence-electron chi connectivity index (χ2n) is 7.96. The lowest BCUT2D eigenvalue weighted by molar-refractivity contribution is -0.131. The Morgan fingerprint density at radius 2 is 1.81 bits per heavy atom. The molecule has 1 N–H and O–H groups in total. The molecule has 10 heteroatoms. The molecule has 0 aliphatic carbocycles. The minimum Gasteiger partial charge on any atom is -0.343 e. The average Bonchev–Trinajstić information content (AvgIpc) is 2.98. The Hall–Kier alpha value is -2.88. The number of halogens is 2. The maximum absolute atomic E-state index is 13.7. The summed E-state index contributed by atoms with van der Waals surface area (Å²) in [5.41, 5.74) is -0.286. The van der Waals surface area contributed by atoms with E-state index in [1.165, 1.54) is 6.42 Å². The van der Waals surface area contributed by atoms with Crippen molar-refractivity contribution in [3.8, 4) is 0 Å². The minimum atomic E-state index is -0.954. The van der Waals surface area contributed by atoms with E-state index in [0.29, 0.717) is 38.8 Å². The molecule has 0 unspecified atom stereocenters. The number of carbonyl (C=O) groups excluding carboxylic acids is 2. The summed E-state index contributed by atoms with van der Waals surface area (Å²) in [6.07, 6.45) is 4.49. The van der Waals surface area contributed by atoms with Gasteiger partial charge in [0.15, 0.2) is 0 Å². The van der Waals surface area contributed by atoms with E-state index in [9.17, 15) is 18.4 Å². The summed E-state index contributed by atoms with van der Waals surface area (Å²) in [5.74, 6) is -0.640. The number of carbonyl (C=O) groups is 2. The molecule has 4 rings (SSSR count). The quantitative estimate of drug-likeness (QED) is 0.772. The fourth-order valence-corrected chi connectivity index (χ4v) is 4.05. The van der Waals surface area contributed by atoms with Crippen LogP contribution in [-0.4, -0.2) is 69.1 Å². The van der Waals surface area contributed by atoms with Crippen LogP contribution < -0.4 is 5.32 Å². The SMILES string of the molecule is O=C(NCC(=O)N1CCN(Cc2nnc3n2CCCCC3)CC1)c1ccc(F)cc1F. The van der Waals surface area contributed by atoms with Gasteiger partial charge in [0.1, 0.15) is 23.3 Å². The maximum atomic E-state index is 13.7. The van der Waals surface area contributed by atoms with Crippen LogP contribution in [0.4, 0.5) is 8.78 Å². The second-order valence-corrected chi connectivity index (χ2v) is 7.96. The number of aryl methyl sites for hydroxylation is 1. The molecule has 1 aromatic carbocycles. The van der Waals surface area contributed by atoms with E-state index in [2.05, 4.69) is 25.0 Å². The summed E-state index contributed by atoms with van der Waals surface area (Å²) >= 11 is 0.